The third-order valence-corrected chi connectivity index (χ3v) is 3.55. The van der Waals surface area contributed by atoms with Crippen molar-refractivity contribution in [3.05, 3.63) is 0 Å². The molecule has 7 nitrogen and oxygen atoms in total. The van der Waals surface area contributed by atoms with Gasteiger partial charge in [-0.25, -0.2) is 4.79 Å². The number of rotatable bonds is 9. The second-order valence-electron chi connectivity index (χ2n) is 5.14. The number of carboxylic acids is 1. The molecule has 2 N–H and O–H groups in total. The van der Waals surface area contributed by atoms with Crippen LogP contribution in [0, 0.1) is 5.92 Å². The summed E-state index contributed by atoms with van der Waals surface area (Å²) in [5.74, 6) is -1.07. The Bertz CT molecular complexity index is 316. The number of likely N-dealkylation sites (tertiary alicyclic amines) is 1. The normalized spacial score (nSPS) is 16.0. The van der Waals surface area contributed by atoms with Crippen molar-refractivity contribution in [3.63, 3.8) is 0 Å². The average molecular weight is 302 g/mol. The van der Waals surface area contributed by atoms with Crippen molar-refractivity contribution in [2.45, 2.75) is 25.7 Å². The van der Waals surface area contributed by atoms with Crippen LogP contribution in [0.15, 0.2) is 0 Å². The van der Waals surface area contributed by atoms with Gasteiger partial charge in [0.15, 0.2) is 0 Å². The lowest BCUT2D eigenvalue weighted by atomic mass is 9.97. The van der Waals surface area contributed by atoms with E-state index in [1.54, 1.807) is 12.0 Å². The van der Waals surface area contributed by atoms with Crippen molar-refractivity contribution in [2.75, 3.05) is 46.6 Å². The first-order chi connectivity index (χ1) is 10.1. The zero-order chi connectivity index (χ0) is 15.5. The number of carboxylic acid groups (broad SMARTS) is 1. The minimum absolute atomic E-state index is 0.0980. The lowest BCUT2D eigenvalue weighted by Gasteiger charge is -2.30. The molecule has 2 amide bonds. The number of methoxy groups -OCH3 is 1. The lowest BCUT2D eigenvalue weighted by molar-refractivity contribution is -0.143. The van der Waals surface area contributed by atoms with Gasteiger partial charge in [-0.2, -0.15) is 0 Å². The lowest BCUT2D eigenvalue weighted by Crippen LogP contribution is -2.45. The first-order valence-corrected chi connectivity index (χ1v) is 7.47. The van der Waals surface area contributed by atoms with E-state index in [0.717, 1.165) is 12.8 Å². The second-order valence-corrected chi connectivity index (χ2v) is 5.14. The summed E-state index contributed by atoms with van der Waals surface area (Å²) in [5, 5.41) is 11.8. The third kappa shape index (κ3) is 7.29. The number of nitrogens with one attached hydrogen (secondary N) is 1. The molecule has 1 fully saturated rings. The van der Waals surface area contributed by atoms with Crippen LogP contribution >= 0.6 is 0 Å². The van der Waals surface area contributed by atoms with E-state index in [2.05, 4.69) is 5.32 Å². The summed E-state index contributed by atoms with van der Waals surface area (Å²) < 4.78 is 10.2. The van der Waals surface area contributed by atoms with Crippen LogP contribution in [0.3, 0.4) is 0 Å². The molecule has 122 valence electrons. The Kier molecular flexibility index (Phi) is 8.77. The van der Waals surface area contributed by atoms with Gasteiger partial charge in [-0.05, 0) is 25.7 Å². The minimum Gasteiger partial charge on any atom is -0.481 e. The van der Waals surface area contributed by atoms with Gasteiger partial charge in [0.2, 0.25) is 0 Å². The molecule has 0 saturated carbocycles. The summed E-state index contributed by atoms with van der Waals surface area (Å²) >= 11 is 0. The Morgan fingerprint density at radius 3 is 2.52 bits per heavy atom. The topological polar surface area (TPSA) is 88.1 Å². The number of piperidine rings is 1. The van der Waals surface area contributed by atoms with E-state index in [-0.39, 0.29) is 11.9 Å². The summed E-state index contributed by atoms with van der Waals surface area (Å²) in [6, 6.07) is -0.0980. The standard InChI is InChI=1S/C14H26N2O5/c1-20-10-11-21-9-3-2-6-15-14(19)16-7-4-12(5-8-16)13(17)18/h12H,2-11H2,1H3,(H,15,19)(H,17,18). The van der Waals surface area contributed by atoms with E-state index in [4.69, 9.17) is 14.6 Å². The highest BCUT2D eigenvalue weighted by Gasteiger charge is 2.26. The van der Waals surface area contributed by atoms with Crippen molar-refractivity contribution >= 4 is 12.0 Å². The number of aliphatic carboxylic acids is 1. The highest BCUT2D eigenvalue weighted by atomic mass is 16.5. The maximum absolute atomic E-state index is 11.9. The Morgan fingerprint density at radius 2 is 1.90 bits per heavy atom. The Labute approximate surface area is 125 Å². The number of urea groups is 1. The number of unbranched alkanes of at least 4 members (excludes halogenated alkanes) is 1. The predicted octanol–water partition coefficient (Wildman–Crippen LogP) is 0.936. The van der Waals surface area contributed by atoms with Crippen LogP contribution in [0.5, 0.6) is 0 Å². The van der Waals surface area contributed by atoms with E-state index >= 15 is 0 Å². The van der Waals surface area contributed by atoms with Crippen LogP contribution in [0.4, 0.5) is 4.79 Å². The van der Waals surface area contributed by atoms with Crippen LogP contribution < -0.4 is 5.32 Å². The van der Waals surface area contributed by atoms with Gasteiger partial charge in [-0.3, -0.25) is 4.79 Å². The molecule has 0 bridgehead atoms. The highest BCUT2D eigenvalue weighted by molar-refractivity contribution is 5.75. The predicted molar refractivity (Wildman–Crippen MR) is 77.3 cm³/mol. The second kappa shape index (κ2) is 10.4. The maximum atomic E-state index is 11.9. The summed E-state index contributed by atoms with van der Waals surface area (Å²) in [5.41, 5.74) is 0. The quantitative estimate of drug-likeness (QED) is 0.619. The van der Waals surface area contributed by atoms with Gasteiger partial charge in [-0.15, -0.1) is 0 Å². The van der Waals surface area contributed by atoms with Gasteiger partial charge in [0.05, 0.1) is 19.1 Å². The van der Waals surface area contributed by atoms with Crippen molar-refractivity contribution in [1.82, 2.24) is 10.2 Å². The van der Waals surface area contributed by atoms with Crippen LogP contribution in [0.1, 0.15) is 25.7 Å². The average Bonchev–Trinajstić information content (AvgIpc) is 2.49. The molecule has 0 spiro atoms. The van der Waals surface area contributed by atoms with Crippen LogP contribution in [-0.4, -0.2) is 68.6 Å². The SMILES string of the molecule is COCCOCCCCNC(=O)N1CCC(C(=O)O)CC1. The Balaban J connectivity index is 2.00. The molecule has 0 radical (unpaired) electrons. The molecule has 1 rings (SSSR count). The summed E-state index contributed by atoms with van der Waals surface area (Å²) in [4.78, 5) is 24.4. The van der Waals surface area contributed by atoms with Gasteiger partial charge in [0, 0.05) is 33.4 Å². The number of hydrogen-bond acceptors (Lipinski definition) is 4. The molecular weight excluding hydrogens is 276 g/mol. The van der Waals surface area contributed by atoms with E-state index in [1.807, 2.05) is 0 Å². The minimum atomic E-state index is -0.761. The largest absolute Gasteiger partial charge is 0.481 e. The Hall–Kier alpha value is -1.34. The zero-order valence-corrected chi connectivity index (χ0v) is 12.7. The van der Waals surface area contributed by atoms with E-state index in [1.165, 1.54) is 0 Å². The van der Waals surface area contributed by atoms with Gasteiger partial charge >= 0.3 is 12.0 Å². The number of amides is 2. The molecule has 1 heterocycles. The molecular formula is C14H26N2O5. The van der Waals surface area contributed by atoms with Gasteiger partial charge in [0.1, 0.15) is 0 Å². The fraction of sp³-hybridized carbons (Fsp3) is 0.857. The molecule has 0 atom stereocenters. The molecule has 21 heavy (non-hydrogen) atoms. The van der Waals surface area contributed by atoms with E-state index in [9.17, 15) is 9.59 Å². The molecule has 1 saturated heterocycles. The maximum Gasteiger partial charge on any atom is 0.317 e. The molecule has 0 unspecified atom stereocenters. The summed E-state index contributed by atoms with van der Waals surface area (Å²) in [6.07, 6.45) is 2.83. The van der Waals surface area contributed by atoms with Crippen molar-refractivity contribution in [1.29, 1.82) is 0 Å². The van der Waals surface area contributed by atoms with E-state index in [0.29, 0.717) is 52.3 Å². The van der Waals surface area contributed by atoms with Crippen molar-refractivity contribution in [2.24, 2.45) is 5.92 Å². The number of carbonyl (C=O) groups excluding carboxylic acids is 1. The van der Waals surface area contributed by atoms with Crippen molar-refractivity contribution in [3.8, 4) is 0 Å². The summed E-state index contributed by atoms with van der Waals surface area (Å²) in [7, 11) is 1.64. The van der Waals surface area contributed by atoms with Gasteiger partial charge in [-0.1, -0.05) is 0 Å². The molecule has 0 aromatic heterocycles. The first-order valence-electron chi connectivity index (χ1n) is 7.47. The van der Waals surface area contributed by atoms with E-state index < -0.39 is 5.97 Å². The van der Waals surface area contributed by atoms with Crippen LogP contribution in [0.2, 0.25) is 0 Å². The fourth-order valence-electron chi connectivity index (χ4n) is 2.21. The first kappa shape index (κ1) is 17.7. The smallest absolute Gasteiger partial charge is 0.317 e. The van der Waals surface area contributed by atoms with Gasteiger partial charge in [0.25, 0.3) is 0 Å². The zero-order valence-electron chi connectivity index (χ0n) is 12.7. The number of nitrogens with zero attached hydrogens (tertiary/aromatic N) is 1. The molecule has 0 aromatic rings. The van der Waals surface area contributed by atoms with Crippen LogP contribution in [-0.2, 0) is 14.3 Å². The molecule has 7 heteroatoms. The fourth-order valence-corrected chi connectivity index (χ4v) is 2.21. The molecule has 0 aromatic carbocycles. The van der Waals surface area contributed by atoms with Crippen molar-refractivity contribution < 1.29 is 24.2 Å². The molecule has 1 aliphatic rings. The number of ether oxygens (including phenoxy) is 2. The number of carbonyl (C=O) groups is 2. The highest BCUT2D eigenvalue weighted by Crippen LogP contribution is 2.17. The molecule has 0 aliphatic carbocycles. The van der Waals surface area contributed by atoms with Gasteiger partial charge < -0.3 is 24.8 Å². The number of hydrogen-bond donors (Lipinski definition) is 2. The van der Waals surface area contributed by atoms with Crippen LogP contribution in [0.25, 0.3) is 0 Å². The molecule has 1 aliphatic heterocycles. The Morgan fingerprint density at radius 1 is 1.19 bits per heavy atom. The monoisotopic (exact) mass is 302 g/mol. The summed E-state index contributed by atoms with van der Waals surface area (Å²) in [6.45, 7) is 3.52. The third-order valence-electron chi connectivity index (χ3n) is 3.55.